The summed E-state index contributed by atoms with van der Waals surface area (Å²) in [6.45, 7) is 0.0742. The summed E-state index contributed by atoms with van der Waals surface area (Å²) in [6, 6.07) is 1.91. The van der Waals surface area contributed by atoms with E-state index in [-0.39, 0.29) is 6.61 Å². The second-order valence-corrected chi connectivity index (χ2v) is 6.25. The first-order chi connectivity index (χ1) is 6.99. The predicted molar refractivity (Wildman–Crippen MR) is 83.9 cm³/mol. The van der Waals surface area contributed by atoms with E-state index in [0.29, 0.717) is 12.0 Å². The lowest BCUT2D eigenvalue weighted by atomic mass is 10.1. The molecule has 0 bridgehead atoms. The van der Waals surface area contributed by atoms with Gasteiger partial charge in [0, 0.05) is 17.3 Å². The van der Waals surface area contributed by atoms with Gasteiger partial charge < -0.3 is 10.8 Å². The third kappa shape index (κ3) is 3.16. The van der Waals surface area contributed by atoms with Gasteiger partial charge in [-0.05, 0) is 85.8 Å². The van der Waals surface area contributed by atoms with E-state index < -0.39 is 5.91 Å². The molecule has 0 aliphatic rings. The number of carbonyl (C=O) groups excluding carboxylic acids is 1. The van der Waals surface area contributed by atoms with Crippen LogP contribution in [0.2, 0.25) is 0 Å². The van der Waals surface area contributed by atoms with E-state index in [4.69, 9.17) is 10.8 Å². The molecule has 0 spiro atoms. The Morgan fingerprint density at radius 1 is 1.33 bits per heavy atom. The lowest BCUT2D eigenvalue weighted by Crippen LogP contribution is -2.17. The van der Waals surface area contributed by atoms with Crippen molar-refractivity contribution in [2.45, 2.75) is 6.42 Å². The van der Waals surface area contributed by atoms with Gasteiger partial charge in [-0.25, -0.2) is 0 Å². The lowest BCUT2D eigenvalue weighted by Gasteiger charge is -2.11. The van der Waals surface area contributed by atoms with Crippen molar-refractivity contribution >= 4 is 73.7 Å². The maximum absolute atomic E-state index is 11.3. The molecule has 0 atom stereocenters. The van der Waals surface area contributed by atoms with E-state index in [9.17, 15) is 4.79 Å². The predicted octanol–water partition coefficient (Wildman–Crippen LogP) is 2.13. The zero-order valence-electron chi connectivity index (χ0n) is 7.56. The monoisotopic (exact) mass is 543 g/mol. The number of carbonyl (C=O) groups is 1. The van der Waals surface area contributed by atoms with Gasteiger partial charge in [-0.1, -0.05) is 0 Å². The molecule has 1 aromatic rings. The van der Waals surface area contributed by atoms with E-state index in [2.05, 4.69) is 67.8 Å². The maximum Gasteiger partial charge on any atom is 0.250 e. The van der Waals surface area contributed by atoms with Crippen LogP contribution in [-0.2, 0) is 6.42 Å². The van der Waals surface area contributed by atoms with Crippen molar-refractivity contribution in [2.24, 2.45) is 5.73 Å². The number of nitrogens with two attached hydrogens (primary N) is 1. The quantitative estimate of drug-likeness (QED) is 0.575. The number of hydrogen-bond acceptors (Lipinski definition) is 2. The third-order valence-corrected chi connectivity index (χ3v) is 4.88. The van der Waals surface area contributed by atoms with Crippen molar-refractivity contribution < 1.29 is 9.90 Å². The third-order valence-electron chi connectivity index (χ3n) is 1.87. The number of hydrogen-bond donors (Lipinski definition) is 2. The number of rotatable bonds is 3. The van der Waals surface area contributed by atoms with E-state index in [1.54, 1.807) is 0 Å². The Morgan fingerprint density at radius 2 is 1.93 bits per heavy atom. The summed E-state index contributed by atoms with van der Waals surface area (Å²) in [7, 11) is 0. The highest BCUT2D eigenvalue weighted by Gasteiger charge is 2.17. The van der Waals surface area contributed by atoms with E-state index in [1.807, 2.05) is 6.07 Å². The first-order valence-electron chi connectivity index (χ1n) is 4.06. The van der Waals surface area contributed by atoms with Crippen LogP contribution in [0.5, 0.6) is 0 Å². The molecule has 3 N–H and O–H groups in total. The summed E-state index contributed by atoms with van der Waals surface area (Å²) < 4.78 is 2.77. The first-order valence-corrected chi connectivity index (χ1v) is 7.29. The summed E-state index contributed by atoms with van der Waals surface area (Å²) in [6.07, 6.45) is 0.549. The van der Waals surface area contributed by atoms with Crippen molar-refractivity contribution in [2.75, 3.05) is 6.61 Å². The summed E-state index contributed by atoms with van der Waals surface area (Å²) >= 11 is 6.41. The molecular formula is C9H8I3NO2. The Morgan fingerprint density at radius 3 is 2.40 bits per heavy atom. The van der Waals surface area contributed by atoms with Gasteiger partial charge >= 0.3 is 0 Å². The Balaban J connectivity index is 3.42. The molecule has 3 nitrogen and oxygen atoms in total. The Hall–Kier alpha value is 0.840. The molecule has 82 valence electrons. The lowest BCUT2D eigenvalue weighted by molar-refractivity contribution is 0.0998. The number of halogens is 3. The topological polar surface area (TPSA) is 63.3 Å². The fourth-order valence-corrected chi connectivity index (χ4v) is 5.64. The summed E-state index contributed by atoms with van der Waals surface area (Å²) in [4.78, 5) is 11.3. The average molecular weight is 543 g/mol. The second-order valence-electron chi connectivity index (χ2n) is 2.85. The van der Waals surface area contributed by atoms with Gasteiger partial charge in [0.1, 0.15) is 0 Å². The number of amides is 1. The van der Waals surface area contributed by atoms with Crippen molar-refractivity contribution in [3.8, 4) is 0 Å². The van der Waals surface area contributed by atoms with Crippen LogP contribution in [0.4, 0.5) is 0 Å². The van der Waals surface area contributed by atoms with Gasteiger partial charge in [-0.3, -0.25) is 4.79 Å². The van der Waals surface area contributed by atoms with E-state index in [0.717, 1.165) is 16.3 Å². The van der Waals surface area contributed by atoms with Crippen LogP contribution >= 0.6 is 67.8 Å². The molecule has 0 unspecified atom stereocenters. The van der Waals surface area contributed by atoms with Gasteiger partial charge in [0.15, 0.2) is 0 Å². The van der Waals surface area contributed by atoms with Gasteiger partial charge in [-0.15, -0.1) is 0 Å². The molecule has 0 fully saturated rings. The minimum Gasteiger partial charge on any atom is -0.396 e. The fraction of sp³-hybridized carbons (Fsp3) is 0.222. The fourth-order valence-electron chi connectivity index (χ4n) is 1.20. The van der Waals surface area contributed by atoms with Crippen LogP contribution in [0.25, 0.3) is 0 Å². The maximum atomic E-state index is 11.3. The minimum absolute atomic E-state index is 0.0742. The SMILES string of the molecule is NC(=O)c1c(I)cc(I)c(CCO)c1I. The normalized spacial score (nSPS) is 10.4. The van der Waals surface area contributed by atoms with Gasteiger partial charge in [0.2, 0.25) is 0 Å². The molecule has 1 rings (SSSR count). The summed E-state index contributed by atoms with van der Waals surface area (Å²) in [5.74, 6) is -0.417. The van der Waals surface area contributed by atoms with Crippen molar-refractivity contribution in [3.63, 3.8) is 0 Å². The van der Waals surface area contributed by atoms with Crippen LogP contribution in [0.3, 0.4) is 0 Å². The van der Waals surface area contributed by atoms with Crippen molar-refractivity contribution in [1.82, 2.24) is 0 Å². The highest BCUT2D eigenvalue weighted by Crippen LogP contribution is 2.27. The molecule has 0 saturated carbocycles. The largest absolute Gasteiger partial charge is 0.396 e. The molecule has 6 heteroatoms. The first kappa shape index (κ1) is 13.9. The molecule has 0 aromatic heterocycles. The van der Waals surface area contributed by atoms with Crippen LogP contribution in [-0.4, -0.2) is 17.6 Å². The van der Waals surface area contributed by atoms with Crippen molar-refractivity contribution in [3.05, 3.63) is 27.9 Å². The number of aliphatic hydroxyl groups excluding tert-OH is 1. The molecule has 0 heterocycles. The van der Waals surface area contributed by atoms with Crippen LogP contribution in [0.15, 0.2) is 6.07 Å². The smallest absolute Gasteiger partial charge is 0.250 e. The Kier molecular flexibility index (Phi) is 5.52. The zero-order valence-corrected chi connectivity index (χ0v) is 14.0. The molecule has 1 aromatic carbocycles. The molecule has 0 aliphatic heterocycles. The standard InChI is InChI=1S/C9H8I3NO2/c10-5-3-6(11)7(9(13)15)8(12)4(5)1-2-14/h3,14H,1-2H2,(H2,13,15). The van der Waals surface area contributed by atoms with E-state index >= 15 is 0 Å². The number of aliphatic hydroxyl groups is 1. The van der Waals surface area contributed by atoms with Crippen LogP contribution < -0.4 is 5.73 Å². The van der Waals surface area contributed by atoms with Crippen molar-refractivity contribution in [1.29, 1.82) is 0 Å². The Labute approximate surface area is 129 Å². The number of primary amides is 1. The van der Waals surface area contributed by atoms with Gasteiger partial charge in [-0.2, -0.15) is 0 Å². The van der Waals surface area contributed by atoms with Crippen LogP contribution in [0, 0.1) is 10.7 Å². The molecule has 0 radical (unpaired) electrons. The minimum atomic E-state index is -0.417. The van der Waals surface area contributed by atoms with Crippen LogP contribution in [0.1, 0.15) is 15.9 Å². The summed E-state index contributed by atoms with van der Waals surface area (Å²) in [5, 5.41) is 8.94. The molecular weight excluding hydrogens is 535 g/mol. The summed E-state index contributed by atoms with van der Waals surface area (Å²) in [5.41, 5.74) is 6.87. The molecule has 0 aliphatic carbocycles. The van der Waals surface area contributed by atoms with Gasteiger partial charge in [0.05, 0.1) is 5.56 Å². The molecule has 15 heavy (non-hydrogen) atoms. The highest BCUT2D eigenvalue weighted by molar-refractivity contribution is 14.1. The average Bonchev–Trinajstić information content (AvgIpc) is 2.11. The number of benzene rings is 1. The highest BCUT2D eigenvalue weighted by atomic mass is 127. The molecule has 1 amide bonds. The zero-order chi connectivity index (χ0) is 11.6. The Bertz CT molecular complexity index is 407. The molecule has 0 saturated heterocycles. The van der Waals surface area contributed by atoms with Gasteiger partial charge in [0.25, 0.3) is 5.91 Å². The second kappa shape index (κ2) is 5.96. The van der Waals surface area contributed by atoms with E-state index in [1.165, 1.54) is 0 Å².